The van der Waals surface area contributed by atoms with Crippen molar-refractivity contribution in [2.24, 2.45) is 0 Å². The Kier molecular flexibility index (Phi) is 5.98. The summed E-state index contributed by atoms with van der Waals surface area (Å²) in [6.45, 7) is 7.57. The van der Waals surface area contributed by atoms with E-state index in [1.54, 1.807) is 24.3 Å². The first-order valence-electron chi connectivity index (χ1n) is 7.45. The largest absolute Gasteiger partial charge is 0.450 e. The molecule has 8 heteroatoms. The third kappa shape index (κ3) is 4.62. The molecule has 0 N–H and O–H groups in total. The van der Waals surface area contributed by atoms with E-state index in [-0.39, 0.29) is 17.0 Å². The van der Waals surface area contributed by atoms with Gasteiger partial charge in [-0.2, -0.15) is 8.78 Å². The van der Waals surface area contributed by atoms with E-state index in [0.717, 1.165) is 17.7 Å². The number of benzene rings is 2. The highest BCUT2D eigenvalue weighted by molar-refractivity contribution is 5.74. The van der Waals surface area contributed by atoms with Gasteiger partial charge in [-0.05, 0) is 31.8 Å². The van der Waals surface area contributed by atoms with Gasteiger partial charge in [0, 0.05) is 24.3 Å². The van der Waals surface area contributed by atoms with Crippen molar-refractivity contribution >= 4 is 17.5 Å². The molecule has 0 aromatic heterocycles. The molecule has 0 bridgehead atoms. The van der Waals surface area contributed by atoms with Gasteiger partial charge < -0.3 is 9.64 Å². The van der Waals surface area contributed by atoms with Crippen LogP contribution in [0, 0.1) is 16.7 Å². The van der Waals surface area contributed by atoms with Crippen LogP contribution in [-0.2, 0) is 6.54 Å². The van der Waals surface area contributed by atoms with E-state index in [9.17, 15) is 18.9 Å². The van der Waals surface area contributed by atoms with E-state index < -0.39 is 16.7 Å². The zero-order chi connectivity index (χ0) is 19.3. The van der Waals surface area contributed by atoms with Gasteiger partial charge in [-0.15, -0.1) is 0 Å². The van der Waals surface area contributed by atoms with Crippen molar-refractivity contribution in [3.8, 4) is 11.5 Å². The minimum Gasteiger partial charge on any atom is -0.450 e. The fourth-order valence-corrected chi connectivity index (χ4v) is 2.32. The number of rotatable bonds is 6. The first kappa shape index (κ1) is 19.0. The topological polar surface area (TPSA) is 60.0 Å². The van der Waals surface area contributed by atoms with Gasteiger partial charge in [-0.25, -0.2) is 4.85 Å². The average molecular weight is 359 g/mol. The van der Waals surface area contributed by atoms with Crippen molar-refractivity contribution < 1.29 is 18.4 Å². The highest BCUT2D eigenvalue weighted by atomic mass is 19.3. The van der Waals surface area contributed by atoms with Crippen molar-refractivity contribution in [1.82, 2.24) is 4.90 Å². The lowest BCUT2D eigenvalue weighted by atomic mass is 10.1. The normalized spacial score (nSPS) is 10.3. The average Bonchev–Trinajstić information content (AvgIpc) is 2.55. The Morgan fingerprint density at radius 1 is 1.31 bits per heavy atom. The predicted octanol–water partition coefficient (Wildman–Crippen LogP) is 5.24. The van der Waals surface area contributed by atoms with E-state index >= 15 is 0 Å². The first-order valence-corrected chi connectivity index (χ1v) is 7.45. The number of nitro groups is 1. The zero-order valence-corrected chi connectivity index (χ0v) is 14.1. The number of hydrogen-bond acceptors (Lipinski definition) is 4. The standard InChI is InChI=1S/C18H15F2N3O3/c1-21-14-10-15(23(24)25)17(8-13(14)9-18(19)20)26-16-7-5-4-6-12(16)11-22(2)3/h4-10H,11H2,2-3H3. The number of ether oxygens (including phenoxy) is 1. The highest BCUT2D eigenvalue weighted by Gasteiger charge is 2.21. The van der Waals surface area contributed by atoms with Gasteiger partial charge in [0.05, 0.1) is 11.5 Å². The predicted molar refractivity (Wildman–Crippen MR) is 93.5 cm³/mol. The summed E-state index contributed by atoms with van der Waals surface area (Å²) in [4.78, 5) is 15.6. The highest BCUT2D eigenvalue weighted by Crippen LogP contribution is 2.39. The maximum Gasteiger partial charge on any atom is 0.301 e. The molecule has 6 nitrogen and oxygen atoms in total. The van der Waals surface area contributed by atoms with Crippen molar-refractivity contribution in [3.05, 3.63) is 75.1 Å². The molecule has 0 heterocycles. The van der Waals surface area contributed by atoms with Gasteiger partial charge in [0.25, 0.3) is 6.08 Å². The van der Waals surface area contributed by atoms with Gasteiger partial charge in [-0.1, -0.05) is 18.2 Å². The Hall–Kier alpha value is -3.31. The molecule has 2 rings (SSSR count). The minimum atomic E-state index is -2.01. The zero-order valence-electron chi connectivity index (χ0n) is 14.1. The summed E-state index contributed by atoms with van der Waals surface area (Å²) in [5.74, 6) is 0.164. The molecule has 2 aromatic rings. The third-order valence-corrected chi connectivity index (χ3v) is 3.37. The maximum atomic E-state index is 12.6. The smallest absolute Gasteiger partial charge is 0.301 e. The van der Waals surface area contributed by atoms with Crippen LogP contribution >= 0.6 is 0 Å². The lowest BCUT2D eigenvalue weighted by molar-refractivity contribution is -0.385. The van der Waals surface area contributed by atoms with Gasteiger partial charge in [0.1, 0.15) is 5.75 Å². The Morgan fingerprint density at radius 2 is 2.00 bits per heavy atom. The lowest BCUT2D eigenvalue weighted by Crippen LogP contribution is -2.11. The number of nitro benzene ring substituents is 1. The van der Waals surface area contributed by atoms with Crippen LogP contribution in [0.4, 0.5) is 20.2 Å². The Morgan fingerprint density at radius 3 is 2.58 bits per heavy atom. The second-order valence-electron chi connectivity index (χ2n) is 5.63. The van der Waals surface area contributed by atoms with Gasteiger partial charge in [0.15, 0.2) is 0 Å². The van der Waals surface area contributed by atoms with Crippen LogP contribution in [0.3, 0.4) is 0 Å². The van der Waals surface area contributed by atoms with Crippen molar-refractivity contribution in [2.45, 2.75) is 6.54 Å². The molecular formula is C18H15F2N3O3. The number of nitrogens with zero attached hydrogens (tertiary/aromatic N) is 3. The molecule has 134 valence electrons. The molecule has 0 aliphatic rings. The molecule has 0 radical (unpaired) electrons. The fraction of sp³-hybridized carbons (Fsp3) is 0.167. The summed E-state index contributed by atoms with van der Waals surface area (Å²) < 4.78 is 31.0. The molecule has 0 aliphatic heterocycles. The van der Waals surface area contributed by atoms with Crippen LogP contribution in [0.25, 0.3) is 10.9 Å². The SMILES string of the molecule is [C-]#[N+]c1cc([N+](=O)[O-])c(Oc2ccccc2CN(C)C)cc1C=C(F)F. The molecule has 0 spiro atoms. The summed E-state index contributed by atoms with van der Waals surface area (Å²) >= 11 is 0. The second kappa shape index (κ2) is 8.18. The summed E-state index contributed by atoms with van der Waals surface area (Å²) in [6, 6.07) is 8.96. The fourth-order valence-electron chi connectivity index (χ4n) is 2.32. The Bertz CT molecular complexity index is 901. The van der Waals surface area contributed by atoms with E-state index in [4.69, 9.17) is 11.3 Å². The molecule has 2 aromatic carbocycles. The first-order chi connectivity index (χ1) is 12.3. The van der Waals surface area contributed by atoms with E-state index in [2.05, 4.69) is 4.85 Å². The number of para-hydroxylation sites is 1. The van der Waals surface area contributed by atoms with Crippen LogP contribution in [0.15, 0.2) is 42.5 Å². The van der Waals surface area contributed by atoms with Gasteiger partial charge >= 0.3 is 5.69 Å². The number of halogens is 2. The van der Waals surface area contributed by atoms with Crippen molar-refractivity contribution in [1.29, 1.82) is 0 Å². The van der Waals surface area contributed by atoms with E-state index in [0.29, 0.717) is 18.4 Å². The van der Waals surface area contributed by atoms with E-state index in [1.165, 1.54) is 0 Å². The quantitative estimate of drug-likeness (QED) is 0.402. The monoisotopic (exact) mass is 359 g/mol. The molecule has 0 unspecified atom stereocenters. The van der Waals surface area contributed by atoms with E-state index in [1.807, 2.05) is 19.0 Å². The molecular weight excluding hydrogens is 344 g/mol. The molecule has 0 atom stereocenters. The van der Waals surface area contributed by atoms with Crippen LogP contribution in [0.5, 0.6) is 11.5 Å². The summed E-state index contributed by atoms with van der Waals surface area (Å²) in [5, 5.41) is 11.3. The van der Waals surface area contributed by atoms with Crippen LogP contribution in [-0.4, -0.2) is 23.9 Å². The molecule has 0 aliphatic carbocycles. The van der Waals surface area contributed by atoms with Gasteiger partial charge in [-0.3, -0.25) is 10.1 Å². The maximum absolute atomic E-state index is 12.6. The van der Waals surface area contributed by atoms with Crippen LogP contribution in [0.1, 0.15) is 11.1 Å². The molecule has 26 heavy (non-hydrogen) atoms. The summed E-state index contributed by atoms with van der Waals surface area (Å²) in [6.07, 6.45) is -1.53. The Balaban J connectivity index is 2.57. The Labute approximate surface area is 148 Å². The molecule has 0 fully saturated rings. The van der Waals surface area contributed by atoms with Crippen molar-refractivity contribution in [3.63, 3.8) is 0 Å². The molecule has 0 saturated heterocycles. The lowest BCUT2D eigenvalue weighted by Gasteiger charge is -2.15. The summed E-state index contributed by atoms with van der Waals surface area (Å²) in [7, 11) is 3.72. The minimum absolute atomic E-state index is 0.148. The molecule has 0 saturated carbocycles. The molecule has 0 amide bonds. The van der Waals surface area contributed by atoms with Crippen LogP contribution < -0.4 is 4.74 Å². The van der Waals surface area contributed by atoms with Crippen molar-refractivity contribution in [2.75, 3.05) is 14.1 Å². The third-order valence-electron chi connectivity index (χ3n) is 3.37. The number of hydrogen-bond donors (Lipinski definition) is 0. The second-order valence-corrected chi connectivity index (χ2v) is 5.63. The van der Waals surface area contributed by atoms with Gasteiger partial charge in [0.2, 0.25) is 11.4 Å². The summed E-state index contributed by atoms with van der Waals surface area (Å²) in [5.41, 5.74) is -0.0917. The van der Waals surface area contributed by atoms with Crippen LogP contribution in [0.2, 0.25) is 0 Å².